The van der Waals surface area contributed by atoms with Crippen LogP contribution in [0.25, 0.3) is 114 Å². The Hall–Kier alpha value is -7.29. The minimum atomic E-state index is 0.861. The van der Waals surface area contributed by atoms with E-state index in [4.69, 9.17) is 4.98 Å². The normalized spacial score (nSPS) is 12.0. The first-order valence-corrected chi connectivity index (χ1v) is 19.9. The first-order valence-electron chi connectivity index (χ1n) is 19.9. The minimum Gasteiger partial charge on any atom is -0.296 e. The van der Waals surface area contributed by atoms with Gasteiger partial charge in [0.1, 0.15) is 5.82 Å². The van der Waals surface area contributed by atoms with E-state index in [1.54, 1.807) is 0 Å². The molecule has 1 heterocycles. The number of para-hydroxylation sites is 2. The van der Waals surface area contributed by atoms with Crippen molar-refractivity contribution in [2.24, 2.45) is 0 Å². The van der Waals surface area contributed by atoms with Crippen molar-refractivity contribution in [1.29, 1.82) is 0 Å². The topological polar surface area (TPSA) is 17.8 Å². The van der Waals surface area contributed by atoms with E-state index in [1.165, 1.54) is 97.7 Å². The molecular formula is C55H36N2. The van der Waals surface area contributed by atoms with Gasteiger partial charge in [0, 0.05) is 12.1 Å². The van der Waals surface area contributed by atoms with Crippen LogP contribution in [0.1, 0.15) is 12.7 Å². The van der Waals surface area contributed by atoms with Gasteiger partial charge in [0.15, 0.2) is 0 Å². The Morgan fingerprint density at radius 3 is 1.51 bits per heavy atom. The molecule has 0 saturated heterocycles. The molecule has 0 aliphatic carbocycles. The van der Waals surface area contributed by atoms with Crippen molar-refractivity contribution in [3.05, 3.63) is 194 Å². The Morgan fingerprint density at radius 1 is 0.386 bits per heavy atom. The summed E-state index contributed by atoms with van der Waals surface area (Å²) in [4.78, 5) is 4.95. The van der Waals surface area contributed by atoms with Crippen LogP contribution in [0.2, 0.25) is 0 Å². The molecule has 1 aromatic heterocycles. The highest BCUT2D eigenvalue weighted by atomic mass is 15.1. The maximum Gasteiger partial charge on any atom is 0.114 e. The molecule has 11 aromatic carbocycles. The van der Waals surface area contributed by atoms with Gasteiger partial charge in [0.2, 0.25) is 0 Å². The summed E-state index contributed by atoms with van der Waals surface area (Å²) in [6, 6.07) is 69.7. The van der Waals surface area contributed by atoms with Gasteiger partial charge in [-0.05, 0) is 134 Å². The summed E-state index contributed by atoms with van der Waals surface area (Å²) in [7, 11) is 0. The number of aryl methyl sites for hydroxylation is 1. The van der Waals surface area contributed by atoms with Gasteiger partial charge in [0.25, 0.3) is 0 Å². The van der Waals surface area contributed by atoms with E-state index in [0.29, 0.717) is 0 Å². The molecule has 2 nitrogen and oxygen atoms in total. The van der Waals surface area contributed by atoms with E-state index in [1.807, 2.05) is 0 Å². The third-order valence-electron chi connectivity index (χ3n) is 12.3. The van der Waals surface area contributed by atoms with Crippen LogP contribution in [0.4, 0.5) is 0 Å². The van der Waals surface area contributed by atoms with Crippen molar-refractivity contribution in [2.75, 3.05) is 0 Å². The van der Waals surface area contributed by atoms with Crippen LogP contribution in [0.15, 0.2) is 188 Å². The predicted octanol–water partition coefficient (Wildman–Crippen LogP) is 15.0. The fourth-order valence-corrected chi connectivity index (χ4v) is 9.86. The van der Waals surface area contributed by atoms with Gasteiger partial charge in [-0.1, -0.05) is 159 Å². The van der Waals surface area contributed by atoms with Crippen molar-refractivity contribution in [2.45, 2.75) is 13.3 Å². The number of fused-ring (bicyclic) bond motifs is 8. The number of rotatable bonds is 4. The second-order valence-corrected chi connectivity index (χ2v) is 15.3. The van der Waals surface area contributed by atoms with Crippen molar-refractivity contribution in [1.82, 2.24) is 9.55 Å². The molecule has 0 unspecified atom stereocenters. The molecule has 12 aromatic rings. The highest BCUT2D eigenvalue weighted by Gasteiger charge is 2.20. The van der Waals surface area contributed by atoms with Crippen LogP contribution in [0.5, 0.6) is 0 Å². The maximum absolute atomic E-state index is 4.95. The van der Waals surface area contributed by atoms with E-state index in [9.17, 15) is 0 Å². The van der Waals surface area contributed by atoms with Crippen molar-refractivity contribution in [3.8, 4) is 27.9 Å². The summed E-state index contributed by atoms with van der Waals surface area (Å²) < 4.78 is 2.30. The summed E-state index contributed by atoms with van der Waals surface area (Å²) in [5.41, 5.74) is 8.26. The van der Waals surface area contributed by atoms with Gasteiger partial charge in [-0.3, -0.25) is 4.57 Å². The fraction of sp³-hybridized carbons (Fsp3) is 0.0364. The Balaban J connectivity index is 1.15. The Labute approximate surface area is 329 Å². The van der Waals surface area contributed by atoms with Crippen LogP contribution in [0.3, 0.4) is 0 Å². The lowest BCUT2D eigenvalue weighted by molar-refractivity contribution is 0.908. The molecule has 0 aliphatic rings. The number of hydrogen-bond donors (Lipinski definition) is 0. The largest absolute Gasteiger partial charge is 0.296 e. The van der Waals surface area contributed by atoms with E-state index < -0.39 is 0 Å². The van der Waals surface area contributed by atoms with Crippen molar-refractivity contribution in [3.63, 3.8) is 0 Å². The van der Waals surface area contributed by atoms with Crippen molar-refractivity contribution >= 4 is 86.4 Å². The average molecular weight is 725 g/mol. The highest BCUT2D eigenvalue weighted by Crippen LogP contribution is 2.47. The molecule has 57 heavy (non-hydrogen) atoms. The van der Waals surface area contributed by atoms with E-state index in [2.05, 4.69) is 200 Å². The van der Waals surface area contributed by atoms with Crippen molar-refractivity contribution < 1.29 is 0 Å². The van der Waals surface area contributed by atoms with Gasteiger partial charge in [-0.25, -0.2) is 4.98 Å². The van der Waals surface area contributed by atoms with E-state index in [-0.39, 0.29) is 0 Å². The summed E-state index contributed by atoms with van der Waals surface area (Å²) >= 11 is 0. The van der Waals surface area contributed by atoms with Crippen LogP contribution >= 0.6 is 0 Å². The molecule has 0 aliphatic heterocycles. The van der Waals surface area contributed by atoms with Crippen LogP contribution in [-0.4, -0.2) is 9.55 Å². The monoisotopic (exact) mass is 724 g/mol. The summed E-state index contributed by atoms with van der Waals surface area (Å²) in [6.45, 7) is 2.18. The molecule has 266 valence electrons. The number of hydrogen-bond acceptors (Lipinski definition) is 1. The lowest BCUT2D eigenvalue weighted by Gasteiger charge is -2.20. The Morgan fingerprint density at radius 2 is 0.877 bits per heavy atom. The third-order valence-corrected chi connectivity index (χ3v) is 12.3. The summed E-state index contributed by atoms with van der Waals surface area (Å²) in [5.74, 6) is 1.07. The van der Waals surface area contributed by atoms with Gasteiger partial charge in [-0.15, -0.1) is 0 Å². The molecule has 2 heteroatoms. The maximum atomic E-state index is 4.95. The minimum absolute atomic E-state index is 0.861. The van der Waals surface area contributed by atoms with Crippen LogP contribution in [0, 0.1) is 0 Å². The molecule has 12 rings (SSSR count). The number of imidazole rings is 1. The Bertz CT molecular complexity index is 3550. The van der Waals surface area contributed by atoms with E-state index in [0.717, 1.165) is 29.0 Å². The predicted molar refractivity (Wildman–Crippen MR) is 244 cm³/mol. The average Bonchev–Trinajstić information content (AvgIpc) is 3.66. The molecule has 0 spiro atoms. The number of benzene rings is 10. The van der Waals surface area contributed by atoms with E-state index >= 15 is 0 Å². The molecule has 0 amide bonds. The number of nitrogens with zero attached hydrogens (tertiary/aromatic N) is 2. The standard InChI is InChI=1S/C55H36N2/c1-2-51-56-49-24-11-12-25-50(49)57(51)38-30-28-35(29-31-38)52-44-19-7-9-21-46(44)53(47-22-10-8-20-45(47)52)37-32-36-27-26-34-14-13-23-43-41-17-5-3-15-39(41)40-16-4-6-18-42(40)48(33-37)55(36)54(34)43/h3-33H,2H2,1H3. The molecule has 0 saturated carbocycles. The van der Waals surface area contributed by atoms with Gasteiger partial charge < -0.3 is 0 Å². The molecule has 0 atom stereocenters. The smallest absolute Gasteiger partial charge is 0.114 e. The SMILES string of the molecule is CCc1nc2ccccc2n1-c1ccc(-c2c3ccccc3c(-c3cc4ccc5cccc6c7ccccc7c7ccccc7c(c3)c4c56)c3ccccc23)cc1. The lowest BCUT2D eigenvalue weighted by Crippen LogP contribution is -2.00. The first kappa shape index (κ1) is 32.0. The molecule has 0 bridgehead atoms. The highest BCUT2D eigenvalue weighted by molar-refractivity contribution is 6.34. The fourth-order valence-electron chi connectivity index (χ4n) is 9.86. The van der Waals surface area contributed by atoms with Gasteiger partial charge in [-0.2, -0.15) is 0 Å². The Kier molecular flexibility index (Phi) is 6.94. The summed E-state index contributed by atoms with van der Waals surface area (Å²) in [5, 5.41) is 17.8. The molecule has 0 radical (unpaired) electrons. The molecule has 0 N–H and O–H groups in total. The van der Waals surface area contributed by atoms with Gasteiger partial charge in [0.05, 0.1) is 11.0 Å². The molecular weight excluding hydrogens is 689 g/mol. The second-order valence-electron chi connectivity index (χ2n) is 15.3. The van der Waals surface area contributed by atoms with Crippen LogP contribution in [-0.2, 0) is 6.42 Å². The third kappa shape index (κ3) is 4.68. The zero-order valence-electron chi connectivity index (χ0n) is 31.5. The number of aromatic nitrogens is 2. The van der Waals surface area contributed by atoms with Crippen LogP contribution < -0.4 is 0 Å². The molecule has 0 fully saturated rings. The zero-order valence-corrected chi connectivity index (χ0v) is 31.5. The summed E-state index contributed by atoms with van der Waals surface area (Å²) in [6.07, 6.45) is 0.861. The second kappa shape index (κ2) is 12.4. The van der Waals surface area contributed by atoms with Gasteiger partial charge >= 0.3 is 0 Å². The zero-order chi connectivity index (χ0) is 37.6. The lowest BCUT2D eigenvalue weighted by atomic mass is 9.84. The quantitative estimate of drug-likeness (QED) is 0.131. The first-order chi connectivity index (χ1) is 28.2.